The van der Waals surface area contributed by atoms with E-state index in [1.807, 2.05) is 0 Å². The minimum atomic E-state index is -0.964. The average molecular weight is 276 g/mol. The van der Waals surface area contributed by atoms with Gasteiger partial charge in [0.2, 0.25) is 5.91 Å². The van der Waals surface area contributed by atoms with Gasteiger partial charge < -0.3 is 15.7 Å². The van der Waals surface area contributed by atoms with E-state index in [1.54, 1.807) is 19.1 Å². The number of carbonyl (C=O) groups excluding carboxylic acids is 1. The van der Waals surface area contributed by atoms with Gasteiger partial charge in [-0.25, -0.2) is 4.79 Å². The second-order valence-electron chi connectivity index (χ2n) is 5.46. The number of amides is 1. The van der Waals surface area contributed by atoms with Gasteiger partial charge in [-0.15, -0.1) is 0 Å². The van der Waals surface area contributed by atoms with Crippen molar-refractivity contribution in [2.45, 2.75) is 32.7 Å². The summed E-state index contributed by atoms with van der Waals surface area (Å²) in [7, 11) is 0. The molecular weight excluding hydrogens is 256 g/mol. The third-order valence-electron chi connectivity index (χ3n) is 3.71. The maximum Gasteiger partial charge on any atom is 0.335 e. The number of aromatic carboxylic acids is 1. The minimum Gasteiger partial charge on any atom is -0.478 e. The number of hydrogen-bond acceptors (Lipinski definition) is 3. The third kappa shape index (κ3) is 3.36. The van der Waals surface area contributed by atoms with Gasteiger partial charge in [0.25, 0.3) is 0 Å². The largest absolute Gasteiger partial charge is 0.478 e. The van der Waals surface area contributed by atoms with Crippen molar-refractivity contribution in [3.63, 3.8) is 0 Å². The van der Waals surface area contributed by atoms with E-state index in [9.17, 15) is 9.59 Å². The highest BCUT2D eigenvalue weighted by Gasteiger charge is 2.24. The van der Waals surface area contributed by atoms with Gasteiger partial charge in [-0.3, -0.25) is 4.79 Å². The number of carboxylic acids is 1. The molecule has 1 aromatic carbocycles. The van der Waals surface area contributed by atoms with Crippen LogP contribution >= 0.6 is 0 Å². The molecule has 2 rings (SSSR count). The monoisotopic (exact) mass is 276 g/mol. The van der Waals surface area contributed by atoms with Crippen LogP contribution in [-0.4, -0.2) is 29.6 Å². The first-order chi connectivity index (χ1) is 9.47. The Kier molecular flexibility index (Phi) is 4.39. The lowest BCUT2D eigenvalue weighted by molar-refractivity contribution is -0.119. The molecule has 1 saturated heterocycles. The number of carboxylic acid groups (broad SMARTS) is 1. The standard InChI is InChI=1S/C15H20N2O3/c1-9-5-6-16-13(7-9)14(18)17-12-4-3-11(15(19)20)8-10(12)2/h3-4,8-9,13,16H,5-7H2,1-2H3,(H,17,18)(H,19,20). The van der Waals surface area contributed by atoms with E-state index in [0.717, 1.165) is 24.9 Å². The summed E-state index contributed by atoms with van der Waals surface area (Å²) >= 11 is 0. The molecule has 20 heavy (non-hydrogen) atoms. The van der Waals surface area contributed by atoms with E-state index in [2.05, 4.69) is 17.6 Å². The first kappa shape index (κ1) is 14.5. The quantitative estimate of drug-likeness (QED) is 0.789. The van der Waals surface area contributed by atoms with Gasteiger partial charge >= 0.3 is 5.97 Å². The Balaban J connectivity index is 2.06. The smallest absolute Gasteiger partial charge is 0.335 e. The van der Waals surface area contributed by atoms with Gasteiger partial charge in [-0.1, -0.05) is 6.92 Å². The second kappa shape index (κ2) is 6.05. The van der Waals surface area contributed by atoms with Crippen LogP contribution in [0.2, 0.25) is 0 Å². The van der Waals surface area contributed by atoms with E-state index in [4.69, 9.17) is 5.11 Å². The van der Waals surface area contributed by atoms with Gasteiger partial charge in [0.1, 0.15) is 0 Å². The van der Waals surface area contributed by atoms with Crippen LogP contribution in [0.5, 0.6) is 0 Å². The summed E-state index contributed by atoms with van der Waals surface area (Å²) in [6.07, 6.45) is 1.92. The Hall–Kier alpha value is -1.88. The number of carbonyl (C=O) groups is 2. The Bertz CT molecular complexity index is 528. The highest BCUT2D eigenvalue weighted by Crippen LogP contribution is 2.19. The number of piperidine rings is 1. The van der Waals surface area contributed by atoms with Crippen molar-refractivity contribution in [1.82, 2.24) is 5.32 Å². The molecule has 2 atom stereocenters. The summed E-state index contributed by atoms with van der Waals surface area (Å²) < 4.78 is 0. The van der Waals surface area contributed by atoms with E-state index in [1.165, 1.54) is 6.07 Å². The van der Waals surface area contributed by atoms with Crippen LogP contribution in [0.15, 0.2) is 18.2 Å². The molecule has 5 heteroatoms. The SMILES string of the molecule is Cc1cc(C(=O)O)ccc1NC(=O)C1CC(C)CCN1. The summed E-state index contributed by atoms with van der Waals surface area (Å²) in [6.45, 7) is 4.79. The van der Waals surface area contributed by atoms with Crippen molar-refractivity contribution in [3.05, 3.63) is 29.3 Å². The molecule has 0 aliphatic carbocycles. The van der Waals surface area contributed by atoms with E-state index < -0.39 is 5.97 Å². The molecule has 0 saturated carbocycles. The topological polar surface area (TPSA) is 78.4 Å². The van der Waals surface area contributed by atoms with E-state index in [0.29, 0.717) is 11.6 Å². The van der Waals surface area contributed by atoms with Crippen LogP contribution in [0, 0.1) is 12.8 Å². The number of rotatable bonds is 3. The average Bonchev–Trinajstić information content (AvgIpc) is 2.40. The Morgan fingerprint density at radius 1 is 1.40 bits per heavy atom. The Labute approximate surface area is 118 Å². The second-order valence-corrected chi connectivity index (χ2v) is 5.46. The van der Waals surface area contributed by atoms with Crippen molar-refractivity contribution in [1.29, 1.82) is 0 Å². The molecule has 0 aromatic heterocycles. The lowest BCUT2D eigenvalue weighted by Gasteiger charge is -2.27. The molecule has 1 heterocycles. The fraction of sp³-hybridized carbons (Fsp3) is 0.467. The molecule has 0 bridgehead atoms. The number of nitrogens with one attached hydrogen (secondary N) is 2. The molecular formula is C15H20N2O3. The molecule has 0 radical (unpaired) electrons. The predicted molar refractivity (Wildman–Crippen MR) is 77.0 cm³/mol. The molecule has 0 spiro atoms. The summed E-state index contributed by atoms with van der Waals surface area (Å²) in [4.78, 5) is 23.1. The molecule has 108 valence electrons. The van der Waals surface area contributed by atoms with E-state index >= 15 is 0 Å². The Morgan fingerprint density at radius 2 is 2.15 bits per heavy atom. The molecule has 1 amide bonds. The minimum absolute atomic E-state index is 0.0530. The molecule has 1 fully saturated rings. The van der Waals surface area contributed by atoms with Crippen LogP contribution in [-0.2, 0) is 4.79 Å². The lowest BCUT2D eigenvalue weighted by atomic mass is 9.94. The highest BCUT2D eigenvalue weighted by atomic mass is 16.4. The van der Waals surface area contributed by atoms with Gasteiger partial charge in [0.05, 0.1) is 11.6 Å². The van der Waals surface area contributed by atoms with Gasteiger partial charge in [0, 0.05) is 5.69 Å². The number of hydrogen-bond donors (Lipinski definition) is 3. The fourth-order valence-corrected chi connectivity index (χ4v) is 2.46. The van der Waals surface area contributed by atoms with Crippen LogP contribution in [0.4, 0.5) is 5.69 Å². The Morgan fingerprint density at radius 3 is 2.75 bits per heavy atom. The molecule has 1 aromatic rings. The van der Waals surface area contributed by atoms with Crippen LogP contribution in [0.1, 0.15) is 35.7 Å². The van der Waals surface area contributed by atoms with Gasteiger partial charge in [-0.2, -0.15) is 0 Å². The summed E-state index contributed by atoms with van der Waals surface area (Å²) in [5.74, 6) is -0.473. The molecule has 2 unspecified atom stereocenters. The molecule has 1 aliphatic rings. The third-order valence-corrected chi connectivity index (χ3v) is 3.71. The number of anilines is 1. The summed E-state index contributed by atoms with van der Waals surface area (Å²) in [5.41, 5.74) is 1.65. The molecule has 1 aliphatic heterocycles. The zero-order chi connectivity index (χ0) is 14.7. The van der Waals surface area contributed by atoms with Crippen LogP contribution in [0.25, 0.3) is 0 Å². The van der Waals surface area contributed by atoms with Crippen LogP contribution < -0.4 is 10.6 Å². The zero-order valence-corrected chi connectivity index (χ0v) is 11.8. The maximum absolute atomic E-state index is 12.2. The van der Waals surface area contributed by atoms with Gasteiger partial charge in [-0.05, 0) is 56.0 Å². The number of aryl methyl sites for hydroxylation is 1. The van der Waals surface area contributed by atoms with Crippen molar-refractivity contribution in [2.75, 3.05) is 11.9 Å². The van der Waals surface area contributed by atoms with E-state index in [-0.39, 0.29) is 17.5 Å². The molecule has 5 nitrogen and oxygen atoms in total. The van der Waals surface area contributed by atoms with Crippen LogP contribution in [0.3, 0.4) is 0 Å². The molecule has 3 N–H and O–H groups in total. The van der Waals surface area contributed by atoms with Crippen molar-refractivity contribution in [2.24, 2.45) is 5.92 Å². The van der Waals surface area contributed by atoms with Crippen molar-refractivity contribution < 1.29 is 14.7 Å². The van der Waals surface area contributed by atoms with Crippen molar-refractivity contribution in [3.8, 4) is 0 Å². The fourth-order valence-electron chi connectivity index (χ4n) is 2.46. The lowest BCUT2D eigenvalue weighted by Crippen LogP contribution is -2.45. The van der Waals surface area contributed by atoms with Gasteiger partial charge in [0.15, 0.2) is 0 Å². The van der Waals surface area contributed by atoms with Crippen molar-refractivity contribution >= 4 is 17.6 Å². The zero-order valence-electron chi connectivity index (χ0n) is 11.8. The first-order valence-corrected chi connectivity index (χ1v) is 6.85. The normalized spacial score (nSPS) is 22.3. The number of benzene rings is 1. The summed E-state index contributed by atoms with van der Waals surface area (Å²) in [5, 5.41) is 15.0. The predicted octanol–water partition coefficient (Wildman–Crippen LogP) is 2.02. The summed E-state index contributed by atoms with van der Waals surface area (Å²) in [6, 6.07) is 4.54. The maximum atomic E-state index is 12.2. The highest BCUT2D eigenvalue weighted by molar-refractivity contribution is 5.96. The first-order valence-electron chi connectivity index (χ1n) is 6.85.